The highest BCUT2D eigenvalue weighted by molar-refractivity contribution is 5.78. The first-order valence-corrected chi connectivity index (χ1v) is 5.22. The van der Waals surface area contributed by atoms with Crippen molar-refractivity contribution < 1.29 is 9.63 Å². The predicted octanol–water partition coefficient (Wildman–Crippen LogP) is 0.741. The third-order valence-corrected chi connectivity index (χ3v) is 2.24. The summed E-state index contributed by atoms with van der Waals surface area (Å²) in [5.41, 5.74) is 9.52. The zero-order valence-electron chi connectivity index (χ0n) is 9.22. The number of para-hydroxylation sites is 1. The standard InChI is InChI=1S/C12H13N3O2/c13-12(16)8-17-15-7-9-5-10-3-1-2-4-11(10)14-6-9/h1-6,15H,7-8H2,(H2,13,16). The summed E-state index contributed by atoms with van der Waals surface area (Å²) in [6.07, 6.45) is 1.77. The topological polar surface area (TPSA) is 77.2 Å². The number of hydroxylamine groups is 1. The van der Waals surface area contributed by atoms with E-state index in [1.807, 2.05) is 30.3 Å². The molecule has 2 aromatic rings. The van der Waals surface area contributed by atoms with Crippen molar-refractivity contribution >= 4 is 16.8 Å². The van der Waals surface area contributed by atoms with Crippen molar-refractivity contribution in [3.63, 3.8) is 0 Å². The molecule has 0 bridgehead atoms. The second-order valence-corrected chi connectivity index (χ2v) is 3.61. The van der Waals surface area contributed by atoms with E-state index in [4.69, 9.17) is 10.6 Å². The fourth-order valence-corrected chi connectivity index (χ4v) is 1.47. The first kappa shape index (κ1) is 11.5. The van der Waals surface area contributed by atoms with Crippen LogP contribution in [0.2, 0.25) is 0 Å². The molecule has 0 aliphatic rings. The molecule has 88 valence electrons. The van der Waals surface area contributed by atoms with E-state index in [1.54, 1.807) is 6.20 Å². The Morgan fingerprint density at radius 2 is 2.24 bits per heavy atom. The molecule has 0 atom stereocenters. The van der Waals surface area contributed by atoms with Crippen molar-refractivity contribution in [1.29, 1.82) is 0 Å². The fraction of sp³-hybridized carbons (Fsp3) is 0.167. The molecule has 5 nitrogen and oxygen atoms in total. The molecule has 0 radical (unpaired) electrons. The quantitative estimate of drug-likeness (QED) is 0.587. The van der Waals surface area contributed by atoms with Crippen LogP contribution in [-0.2, 0) is 16.2 Å². The second-order valence-electron chi connectivity index (χ2n) is 3.61. The Hall–Kier alpha value is -1.98. The van der Waals surface area contributed by atoms with Gasteiger partial charge in [0.05, 0.1) is 5.52 Å². The number of nitrogens with two attached hydrogens (primary N) is 1. The Morgan fingerprint density at radius 1 is 1.41 bits per heavy atom. The number of hydrogen-bond acceptors (Lipinski definition) is 4. The van der Waals surface area contributed by atoms with Gasteiger partial charge in [-0.25, -0.2) is 0 Å². The zero-order valence-corrected chi connectivity index (χ0v) is 9.22. The SMILES string of the molecule is NC(=O)CONCc1cnc2ccccc2c1. The van der Waals surface area contributed by atoms with Gasteiger partial charge in [0.25, 0.3) is 0 Å². The summed E-state index contributed by atoms with van der Waals surface area (Å²) in [6, 6.07) is 9.88. The molecule has 0 unspecified atom stereocenters. The highest BCUT2D eigenvalue weighted by atomic mass is 16.6. The first-order chi connectivity index (χ1) is 8.25. The van der Waals surface area contributed by atoms with Crippen molar-refractivity contribution in [2.24, 2.45) is 5.73 Å². The largest absolute Gasteiger partial charge is 0.368 e. The summed E-state index contributed by atoms with van der Waals surface area (Å²) in [5, 5.41) is 1.07. The molecule has 5 heteroatoms. The number of fused-ring (bicyclic) bond motifs is 1. The van der Waals surface area contributed by atoms with E-state index in [1.165, 1.54) is 0 Å². The monoisotopic (exact) mass is 231 g/mol. The third-order valence-electron chi connectivity index (χ3n) is 2.24. The molecular weight excluding hydrogens is 218 g/mol. The lowest BCUT2D eigenvalue weighted by Crippen LogP contribution is -2.24. The van der Waals surface area contributed by atoms with Crippen LogP contribution in [0.15, 0.2) is 36.5 Å². The number of carbonyl (C=O) groups is 1. The maximum Gasteiger partial charge on any atom is 0.245 e. The minimum absolute atomic E-state index is 0.138. The maximum atomic E-state index is 10.4. The van der Waals surface area contributed by atoms with Crippen LogP contribution in [0.4, 0.5) is 0 Å². The normalized spacial score (nSPS) is 10.6. The van der Waals surface area contributed by atoms with Gasteiger partial charge in [-0.3, -0.25) is 14.6 Å². The van der Waals surface area contributed by atoms with Crippen molar-refractivity contribution in [3.05, 3.63) is 42.1 Å². The lowest BCUT2D eigenvalue weighted by atomic mass is 10.2. The van der Waals surface area contributed by atoms with Gasteiger partial charge < -0.3 is 5.73 Å². The minimum Gasteiger partial charge on any atom is -0.368 e. The molecule has 1 amide bonds. The second kappa shape index (κ2) is 5.38. The Kier molecular flexibility index (Phi) is 3.64. The lowest BCUT2D eigenvalue weighted by Gasteiger charge is -2.05. The van der Waals surface area contributed by atoms with Crippen LogP contribution in [0.5, 0.6) is 0 Å². The fourth-order valence-electron chi connectivity index (χ4n) is 1.47. The number of rotatable bonds is 5. The van der Waals surface area contributed by atoms with E-state index >= 15 is 0 Å². The summed E-state index contributed by atoms with van der Waals surface area (Å²) in [5.74, 6) is -0.505. The average Bonchev–Trinajstić information content (AvgIpc) is 2.34. The molecule has 0 fully saturated rings. The highest BCUT2D eigenvalue weighted by Gasteiger charge is 1.98. The van der Waals surface area contributed by atoms with E-state index < -0.39 is 5.91 Å². The Morgan fingerprint density at radius 3 is 3.06 bits per heavy atom. The van der Waals surface area contributed by atoms with Crippen LogP contribution in [0.1, 0.15) is 5.56 Å². The Balaban J connectivity index is 1.97. The van der Waals surface area contributed by atoms with Gasteiger partial charge in [-0.1, -0.05) is 18.2 Å². The number of nitrogens with zero attached hydrogens (tertiary/aromatic N) is 1. The van der Waals surface area contributed by atoms with Gasteiger partial charge >= 0.3 is 0 Å². The van der Waals surface area contributed by atoms with Crippen LogP contribution in [-0.4, -0.2) is 17.5 Å². The number of carbonyl (C=O) groups excluding carboxylic acids is 1. The van der Waals surface area contributed by atoms with Crippen LogP contribution < -0.4 is 11.2 Å². The van der Waals surface area contributed by atoms with E-state index in [0.717, 1.165) is 16.5 Å². The number of benzene rings is 1. The van der Waals surface area contributed by atoms with Crippen molar-refractivity contribution in [1.82, 2.24) is 10.5 Å². The smallest absolute Gasteiger partial charge is 0.245 e. The van der Waals surface area contributed by atoms with Gasteiger partial charge in [-0.05, 0) is 17.7 Å². The molecule has 17 heavy (non-hydrogen) atoms. The van der Waals surface area contributed by atoms with E-state index in [9.17, 15) is 4.79 Å². The number of pyridine rings is 1. The van der Waals surface area contributed by atoms with Crippen molar-refractivity contribution in [3.8, 4) is 0 Å². The molecule has 0 saturated heterocycles. The molecular formula is C12H13N3O2. The van der Waals surface area contributed by atoms with Gasteiger partial charge in [0.2, 0.25) is 5.91 Å². The van der Waals surface area contributed by atoms with E-state index in [2.05, 4.69) is 10.5 Å². The number of nitrogens with one attached hydrogen (secondary N) is 1. The molecule has 0 aliphatic carbocycles. The summed E-state index contributed by atoms with van der Waals surface area (Å²) < 4.78 is 0. The highest BCUT2D eigenvalue weighted by Crippen LogP contribution is 2.12. The van der Waals surface area contributed by atoms with Crippen LogP contribution in [0.3, 0.4) is 0 Å². The predicted molar refractivity (Wildman–Crippen MR) is 63.7 cm³/mol. The Labute approximate surface area is 98.5 Å². The van der Waals surface area contributed by atoms with E-state index in [-0.39, 0.29) is 6.61 Å². The number of primary amides is 1. The molecule has 0 saturated carbocycles. The van der Waals surface area contributed by atoms with Gasteiger partial charge in [-0.2, -0.15) is 5.48 Å². The first-order valence-electron chi connectivity index (χ1n) is 5.22. The summed E-state index contributed by atoms with van der Waals surface area (Å²) in [4.78, 5) is 19.6. The maximum absolute atomic E-state index is 10.4. The van der Waals surface area contributed by atoms with E-state index in [0.29, 0.717) is 6.54 Å². The molecule has 0 aliphatic heterocycles. The summed E-state index contributed by atoms with van der Waals surface area (Å²) in [7, 11) is 0. The lowest BCUT2D eigenvalue weighted by molar-refractivity contribution is -0.125. The summed E-state index contributed by atoms with van der Waals surface area (Å²) >= 11 is 0. The summed E-state index contributed by atoms with van der Waals surface area (Å²) in [6.45, 7) is 0.339. The third kappa shape index (κ3) is 3.24. The Bertz CT molecular complexity index is 528. The minimum atomic E-state index is -0.505. The number of aromatic nitrogens is 1. The van der Waals surface area contributed by atoms with Gasteiger partial charge in [0.1, 0.15) is 6.61 Å². The molecule has 2 rings (SSSR count). The molecule has 1 heterocycles. The zero-order chi connectivity index (χ0) is 12.1. The molecule has 0 spiro atoms. The van der Waals surface area contributed by atoms with Crippen molar-refractivity contribution in [2.45, 2.75) is 6.54 Å². The van der Waals surface area contributed by atoms with Crippen LogP contribution in [0.25, 0.3) is 10.9 Å². The van der Waals surface area contributed by atoms with Gasteiger partial charge in [-0.15, -0.1) is 0 Å². The van der Waals surface area contributed by atoms with Gasteiger partial charge in [0, 0.05) is 18.1 Å². The molecule has 1 aromatic carbocycles. The number of hydrogen-bond donors (Lipinski definition) is 2. The molecule has 3 N–H and O–H groups in total. The average molecular weight is 231 g/mol. The molecule has 1 aromatic heterocycles. The van der Waals surface area contributed by atoms with Crippen molar-refractivity contribution in [2.75, 3.05) is 6.61 Å². The number of amides is 1. The van der Waals surface area contributed by atoms with Crippen LogP contribution in [0, 0.1) is 0 Å². The van der Waals surface area contributed by atoms with Gasteiger partial charge in [0.15, 0.2) is 0 Å². The van der Waals surface area contributed by atoms with Crippen LogP contribution >= 0.6 is 0 Å².